The Hall–Kier alpha value is -2.39. The van der Waals surface area contributed by atoms with Gasteiger partial charge in [0.2, 0.25) is 0 Å². The van der Waals surface area contributed by atoms with Gasteiger partial charge in [-0.15, -0.1) is 0 Å². The maximum Gasteiger partial charge on any atom is 0.473 e. The third-order valence-corrected chi connectivity index (χ3v) is 10.5. The van der Waals surface area contributed by atoms with Crippen LogP contribution < -0.4 is 0 Å². The molecule has 0 bridgehead atoms. The monoisotopic (exact) mass is 835 g/mol. The molecule has 0 amide bonds. The number of esters is 1. The van der Waals surface area contributed by atoms with Gasteiger partial charge in [0.05, 0.1) is 27.7 Å². The first-order valence-electron chi connectivity index (χ1n) is 22.6. The SMILES string of the molecule is CC/C=C\C/C=C\C/C=C\C/C=C\C/C=C\C/C=C\CCC(=O)O[C@@H](CO)C(OP(=O)(O)OCC[N+](C)(C)C)C(=O)CCCCCCCCCCCCCCCCC. The molecule has 0 aliphatic rings. The van der Waals surface area contributed by atoms with Crippen LogP contribution in [0.3, 0.4) is 0 Å². The van der Waals surface area contributed by atoms with Gasteiger partial charge < -0.3 is 19.2 Å². The summed E-state index contributed by atoms with van der Waals surface area (Å²) in [7, 11) is 1.05. The summed E-state index contributed by atoms with van der Waals surface area (Å²) >= 11 is 0. The molecule has 0 spiro atoms. The number of carbonyl (C=O) groups is 2. The van der Waals surface area contributed by atoms with E-state index in [1.807, 2.05) is 33.3 Å². The summed E-state index contributed by atoms with van der Waals surface area (Å²) in [6.07, 6.45) is 46.3. The number of quaternary nitrogens is 1. The number of carbonyl (C=O) groups excluding carboxylic acids is 2. The number of aliphatic hydroxyl groups excluding tert-OH is 1. The molecule has 2 unspecified atom stereocenters. The number of aliphatic hydroxyl groups is 1. The van der Waals surface area contributed by atoms with Crippen molar-refractivity contribution >= 4 is 19.6 Å². The molecule has 0 aliphatic carbocycles. The largest absolute Gasteiger partial charge is 0.473 e. The smallest absolute Gasteiger partial charge is 0.457 e. The number of unbranched alkanes of at least 4 members (excludes halogenated alkanes) is 14. The summed E-state index contributed by atoms with van der Waals surface area (Å²) in [5, 5.41) is 10.2. The lowest BCUT2D eigenvalue weighted by Gasteiger charge is -2.27. The van der Waals surface area contributed by atoms with Crippen LogP contribution in [0.1, 0.15) is 168 Å². The first-order valence-corrected chi connectivity index (χ1v) is 24.1. The van der Waals surface area contributed by atoms with Crippen LogP contribution in [0, 0.1) is 0 Å². The summed E-state index contributed by atoms with van der Waals surface area (Å²) in [5.74, 6) is -1.13. The number of allylic oxidation sites excluding steroid dienone is 12. The average molecular weight is 835 g/mol. The van der Waals surface area contributed by atoms with Gasteiger partial charge in [0.25, 0.3) is 0 Å². The predicted molar refractivity (Wildman–Crippen MR) is 243 cm³/mol. The fourth-order valence-electron chi connectivity index (χ4n) is 6.01. The molecule has 0 saturated heterocycles. The van der Waals surface area contributed by atoms with Gasteiger partial charge in [-0.05, 0) is 51.4 Å². The fraction of sp³-hybridized carbons (Fsp3) is 0.708. The lowest BCUT2D eigenvalue weighted by Crippen LogP contribution is -2.42. The molecule has 0 fully saturated rings. The standard InChI is InChI=1S/C48H84NO8P/c1-6-8-10-12-14-16-18-20-22-23-24-25-27-29-31-33-35-37-39-41-47(52)56-46(44-50)48(57-58(53,54)55-43-42-49(3,4)5)45(51)40-38-36-34-32-30-28-26-21-19-17-15-13-11-9-7-2/h8,10,14,16,20,22,24-25,29,31,35,37,46,48,50H,6-7,9,11-13,15,17-19,21,23,26-28,30,32-34,36,38-44H2,1-5H3/p+1/b10-8-,16-14-,22-20-,25-24-,31-29-,37-35-/t46-,48?/m0/s1. The lowest BCUT2D eigenvalue weighted by atomic mass is 10.0. The Balaban J connectivity index is 4.73. The van der Waals surface area contributed by atoms with Crippen molar-refractivity contribution in [2.24, 2.45) is 0 Å². The third-order valence-electron chi connectivity index (χ3n) is 9.52. The Morgan fingerprint density at radius 1 is 0.603 bits per heavy atom. The number of hydrogen-bond acceptors (Lipinski definition) is 7. The van der Waals surface area contributed by atoms with Gasteiger partial charge in [0.15, 0.2) is 18.0 Å². The van der Waals surface area contributed by atoms with Crippen molar-refractivity contribution < 1.29 is 42.4 Å². The highest BCUT2D eigenvalue weighted by atomic mass is 31.2. The van der Waals surface area contributed by atoms with Crippen LogP contribution in [-0.4, -0.2) is 79.3 Å². The quantitative estimate of drug-likeness (QED) is 0.0206. The van der Waals surface area contributed by atoms with Crippen molar-refractivity contribution in [3.8, 4) is 0 Å². The molecule has 58 heavy (non-hydrogen) atoms. The zero-order chi connectivity index (χ0) is 43.0. The summed E-state index contributed by atoms with van der Waals surface area (Å²) in [5.41, 5.74) is 0. The molecular formula is C48H85NO8P+. The van der Waals surface area contributed by atoms with E-state index in [9.17, 15) is 24.2 Å². The molecule has 0 aromatic rings. The van der Waals surface area contributed by atoms with Crippen LogP contribution >= 0.6 is 7.82 Å². The minimum atomic E-state index is -4.69. The van der Waals surface area contributed by atoms with E-state index in [0.717, 1.165) is 57.8 Å². The van der Waals surface area contributed by atoms with Gasteiger partial charge in [-0.25, -0.2) is 4.57 Å². The van der Waals surface area contributed by atoms with Crippen LogP contribution in [0.4, 0.5) is 0 Å². The summed E-state index contributed by atoms with van der Waals surface area (Å²) in [6.45, 7) is 4.00. The number of phosphoric ester groups is 1. The molecule has 0 aromatic heterocycles. The van der Waals surface area contributed by atoms with Crippen molar-refractivity contribution in [3.05, 3.63) is 72.9 Å². The van der Waals surface area contributed by atoms with E-state index in [1.54, 1.807) is 0 Å². The van der Waals surface area contributed by atoms with Crippen molar-refractivity contribution in [1.29, 1.82) is 0 Å². The Morgan fingerprint density at radius 2 is 1.02 bits per heavy atom. The molecule has 9 nitrogen and oxygen atoms in total. The number of hydrogen-bond donors (Lipinski definition) is 2. The number of likely N-dealkylation sites (N-methyl/N-ethyl adjacent to an activating group) is 1. The zero-order valence-corrected chi connectivity index (χ0v) is 38.3. The highest BCUT2D eigenvalue weighted by Gasteiger charge is 2.38. The molecule has 0 saturated carbocycles. The van der Waals surface area contributed by atoms with Gasteiger partial charge in [0, 0.05) is 12.8 Å². The van der Waals surface area contributed by atoms with E-state index in [-0.39, 0.29) is 19.4 Å². The van der Waals surface area contributed by atoms with E-state index >= 15 is 0 Å². The molecule has 3 atom stereocenters. The normalized spacial score (nSPS) is 14.9. The summed E-state index contributed by atoms with van der Waals surface area (Å²) in [4.78, 5) is 36.6. The molecule has 0 rings (SSSR count). The second kappa shape index (κ2) is 38.8. The topological polar surface area (TPSA) is 119 Å². The van der Waals surface area contributed by atoms with E-state index in [1.165, 1.54) is 70.6 Å². The summed E-state index contributed by atoms with van der Waals surface area (Å²) < 4.78 is 29.4. The van der Waals surface area contributed by atoms with Gasteiger partial charge in [-0.2, -0.15) is 0 Å². The Labute approximate surface area is 355 Å². The van der Waals surface area contributed by atoms with Gasteiger partial charge in [0.1, 0.15) is 13.2 Å². The van der Waals surface area contributed by atoms with Crippen molar-refractivity contribution in [1.82, 2.24) is 0 Å². The van der Waals surface area contributed by atoms with E-state index in [2.05, 4.69) is 74.6 Å². The average Bonchev–Trinajstić information content (AvgIpc) is 3.17. The van der Waals surface area contributed by atoms with Crippen molar-refractivity contribution in [2.75, 3.05) is 40.9 Å². The van der Waals surface area contributed by atoms with Crippen LogP contribution in [0.5, 0.6) is 0 Å². The molecule has 334 valence electrons. The van der Waals surface area contributed by atoms with E-state index in [0.29, 0.717) is 23.9 Å². The van der Waals surface area contributed by atoms with Gasteiger partial charge >= 0.3 is 13.8 Å². The second-order valence-corrected chi connectivity index (χ2v) is 17.6. The Morgan fingerprint density at radius 3 is 1.43 bits per heavy atom. The number of ketones is 1. The first kappa shape index (κ1) is 55.6. The van der Waals surface area contributed by atoms with Gasteiger partial charge in [-0.3, -0.25) is 18.6 Å². The number of phosphoric acid groups is 1. The first-order chi connectivity index (χ1) is 28.0. The Bertz CT molecular complexity index is 1230. The third kappa shape index (κ3) is 37.9. The number of nitrogens with zero attached hydrogens (tertiary/aromatic N) is 1. The molecule has 0 radical (unpaired) electrons. The maximum absolute atomic E-state index is 13.4. The fourth-order valence-corrected chi connectivity index (χ4v) is 6.93. The highest BCUT2D eigenvalue weighted by molar-refractivity contribution is 7.47. The molecule has 0 heterocycles. The molecular weight excluding hydrogens is 750 g/mol. The van der Waals surface area contributed by atoms with Crippen LogP contribution in [0.2, 0.25) is 0 Å². The summed E-state index contributed by atoms with van der Waals surface area (Å²) in [6, 6.07) is 0. The zero-order valence-electron chi connectivity index (χ0n) is 37.4. The molecule has 0 aromatic carbocycles. The maximum atomic E-state index is 13.4. The van der Waals surface area contributed by atoms with Crippen molar-refractivity contribution in [2.45, 2.75) is 180 Å². The molecule has 10 heteroatoms. The second-order valence-electron chi connectivity index (χ2n) is 16.2. The van der Waals surface area contributed by atoms with Crippen molar-refractivity contribution in [3.63, 3.8) is 0 Å². The van der Waals surface area contributed by atoms with E-state index in [4.69, 9.17) is 13.8 Å². The minimum Gasteiger partial charge on any atom is -0.457 e. The Kier molecular flexibility index (Phi) is 37.2. The highest BCUT2D eigenvalue weighted by Crippen LogP contribution is 2.45. The molecule has 0 aliphatic heterocycles. The lowest BCUT2D eigenvalue weighted by molar-refractivity contribution is -0.870. The minimum absolute atomic E-state index is 0.0232. The number of ether oxygens (including phenoxy) is 1. The molecule has 2 N–H and O–H groups in total. The van der Waals surface area contributed by atoms with Crippen LogP contribution in [0.25, 0.3) is 0 Å². The number of Topliss-reactive ketones (excluding diaryl/α,β-unsaturated/α-hetero) is 1. The van der Waals surface area contributed by atoms with Crippen LogP contribution in [-0.2, 0) is 27.9 Å². The predicted octanol–water partition coefficient (Wildman–Crippen LogP) is 12.4. The van der Waals surface area contributed by atoms with Crippen LogP contribution in [0.15, 0.2) is 72.9 Å². The van der Waals surface area contributed by atoms with Gasteiger partial charge in [-0.1, -0.05) is 177 Å². The van der Waals surface area contributed by atoms with E-state index < -0.39 is 38.4 Å². The number of rotatable bonds is 40.